The van der Waals surface area contributed by atoms with Crippen LogP contribution in [0.1, 0.15) is 20.3 Å². The van der Waals surface area contributed by atoms with Gasteiger partial charge in [0.05, 0.1) is 6.61 Å². The Morgan fingerprint density at radius 3 is 1.89 bits per heavy atom. The molecule has 1 N–H and O–H groups in total. The molecule has 1 heterocycles. The summed E-state index contributed by atoms with van der Waals surface area (Å²) < 4.78 is 11.1. The lowest BCUT2D eigenvalue weighted by Crippen LogP contribution is -2.47. The number of nitrogens with zero attached hydrogens (tertiary/aromatic N) is 2. The fourth-order valence-electron chi connectivity index (χ4n) is 2.25. The van der Waals surface area contributed by atoms with Gasteiger partial charge in [0.15, 0.2) is 6.29 Å². The van der Waals surface area contributed by atoms with E-state index in [0.717, 1.165) is 45.7 Å². The summed E-state index contributed by atoms with van der Waals surface area (Å²) in [6, 6.07) is 0. The van der Waals surface area contributed by atoms with E-state index in [-0.39, 0.29) is 12.9 Å². The molecule has 0 amide bonds. The number of β-amino-alcohol motifs (C(OH)–C–C–N with tert-alkyl or cyclic N) is 1. The van der Waals surface area contributed by atoms with Crippen LogP contribution in [0.2, 0.25) is 0 Å². The van der Waals surface area contributed by atoms with Crippen molar-refractivity contribution < 1.29 is 14.6 Å². The summed E-state index contributed by atoms with van der Waals surface area (Å²) in [6.07, 6.45) is 0.872. The highest BCUT2D eigenvalue weighted by molar-refractivity contribution is 4.71. The van der Waals surface area contributed by atoms with E-state index in [1.165, 1.54) is 0 Å². The predicted molar refractivity (Wildman–Crippen MR) is 71.6 cm³/mol. The molecule has 1 fully saturated rings. The van der Waals surface area contributed by atoms with Gasteiger partial charge in [-0.1, -0.05) is 0 Å². The van der Waals surface area contributed by atoms with Gasteiger partial charge in [-0.3, -0.25) is 4.90 Å². The molecule has 0 aliphatic carbocycles. The third kappa shape index (κ3) is 6.11. The van der Waals surface area contributed by atoms with Crippen molar-refractivity contribution in [2.75, 3.05) is 59.1 Å². The van der Waals surface area contributed by atoms with Crippen molar-refractivity contribution in [2.24, 2.45) is 0 Å². The molecule has 0 bridgehead atoms. The quantitative estimate of drug-likeness (QED) is 0.608. The summed E-state index contributed by atoms with van der Waals surface area (Å²) in [4.78, 5) is 4.75. The lowest BCUT2D eigenvalue weighted by Gasteiger charge is -2.34. The molecule has 18 heavy (non-hydrogen) atoms. The van der Waals surface area contributed by atoms with Gasteiger partial charge < -0.3 is 19.5 Å². The molecule has 5 nitrogen and oxygen atoms in total. The lowest BCUT2D eigenvalue weighted by atomic mass is 10.3. The van der Waals surface area contributed by atoms with Gasteiger partial charge in [-0.2, -0.15) is 0 Å². The topological polar surface area (TPSA) is 45.2 Å². The molecular formula is C13H28N2O3. The Bertz CT molecular complexity index is 191. The zero-order chi connectivity index (χ0) is 13.2. The first-order valence-corrected chi connectivity index (χ1v) is 7.08. The second-order valence-electron chi connectivity index (χ2n) is 4.54. The fraction of sp³-hybridized carbons (Fsp3) is 1.00. The number of ether oxygens (including phenoxy) is 2. The maximum absolute atomic E-state index is 8.89. The first-order chi connectivity index (χ1) is 8.80. The highest BCUT2D eigenvalue weighted by Gasteiger charge is 2.17. The van der Waals surface area contributed by atoms with Crippen LogP contribution >= 0.6 is 0 Å². The van der Waals surface area contributed by atoms with Crippen molar-refractivity contribution in [2.45, 2.75) is 26.6 Å². The highest BCUT2D eigenvalue weighted by atomic mass is 16.7. The van der Waals surface area contributed by atoms with E-state index in [0.29, 0.717) is 13.2 Å². The van der Waals surface area contributed by atoms with Gasteiger partial charge in [0, 0.05) is 58.9 Å². The van der Waals surface area contributed by atoms with E-state index in [1.807, 2.05) is 13.8 Å². The van der Waals surface area contributed by atoms with Crippen LogP contribution in [0.15, 0.2) is 0 Å². The molecule has 0 spiro atoms. The zero-order valence-corrected chi connectivity index (χ0v) is 11.8. The Morgan fingerprint density at radius 2 is 1.44 bits per heavy atom. The molecule has 1 aliphatic heterocycles. The molecule has 0 saturated carbocycles. The van der Waals surface area contributed by atoms with Gasteiger partial charge in [-0.25, -0.2) is 0 Å². The number of piperazine rings is 1. The van der Waals surface area contributed by atoms with Crippen LogP contribution in [-0.4, -0.2) is 80.3 Å². The highest BCUT2D eigenvalue weighted by Crippen LogP contribution is 2.06. The largest absolute Gasteiger partial charge is 0.395 e. The molecule has 1 saturated heterocycles. The summed E-state index contributed by atoms with van der Waals surface area (Å²) in [5.41, 5.74) is 0. The maximum atomic E-state index is 8.89. The molecule has 1 aliphatic rings. The summed E-state index contributed by atoms with van der Waals surface area (Å²) in [7, 11) is 0. The van der Waals surface area contributed by atoms with Crippen LogP contribution in [-0.2, 0) is 9.47 Å². The van der Waals surface area contributed by atoms with Crippen molar-refractivity contribution in [3.8, 4) is 0 Å². The van der Waals surface area contributed by atoms with Gasteiger partial charge >= 0.3 is 0 Å². The first-order valence-electron chi connectivity index (χ1n) is 7.08. The van der Waals surface area contributed by atoms with Gasteiger partial charge in [0.1, 0.15) is 0 Å². The Labute approximate surface area is 111 Å². The number of hydrogen-bond acceptors (Lipinski definition) is 5. The smallest absolute Gasteiger partial charge is 0.158 e. The minimum Gasteiger partial charge on any atom is -0.395 e. The standard InChI is InChI=1S/C13H28N2O3/c1-3-17-13(18-4-2)5-6-14-7-9-15(10-8-14)11-12-16/h13,16H,3-12H2,1-2H3. The first kappa shape index (κ1) is 15.9. The Hall–Kier alpha value is -0.200. The number of rotatable bonds is 9. The van der Waals surface area contributed by atoms with Gasteiger partial charge in [0.25, 0.3) is 0 Å². The van der Waals surface area contributed by atoms with E-state index >= 15 is 0 Å². The minimum atomic E-state index is -0.0597. The molecule has 0 unspecified atom stereocenters. The molecular weight excluding hydrogens is 232 g/mol. The molecule has 0 aromatic rings. The molecule has 0 aromatic heterocycles. The Kier molecular flexibility index (Phi) is 8.54. The van der Waals surface area contributed by atoms with Crippen molar-refractivity contribution in [1.82, 2.24) is 9.80 Å². The Balaban J connectivity index is 2.15. The van der Waals surface area contributed by atoms with Crippen LogP contribution in [0.4, 0.5) is 0 Å². The van der Waals surface area contributed by atoms with Gasteiger partial charge in [-0.15, -0.1) is 0 Å². The van der Waals surface area contributed by atoms with Crippen molar-refractivity contribution in [1.29, 1.82) is 0 Å². The van der Waals surface area contributed by atoms with Crippen molar-refractivity contribution >= 4 is 0 Å². The second kappa shape index (κ2) is 9.69. The normalized spacial score (nSPS) is 18.7. The van der Waals surface area contributed by atoms with Gasteiger partial charge in [-0.05, 0) is 13.8 Å². The van der Waals surface area contributed by atoms with Crippen molar-refractivity contribution in [3.63, 3.8) is 0 Å². The number of aliphatic hydroxyl groups excluding tert-OH is 1. The average molecular weight is 260 g/mol. The second-order valence-corrected chi connectivity index (χ2v) is 4.54. The summed E-state index contributed by atoms with van der Waals surface area (Å²) in [6.45, 7) is 11.7. The molecule has 0 atom stereocenters. The van der Waals surface area contributed by atoms with E-state index in [9.17, 15) is 0 Å². The molecule has 0 aromatic carbocycles. The van der Waals surface area contributed by atoms with Gasteiger partial charge in [0.2, 0.25) is 0 Å². The molecule has 5 heteroatoms. The van der Waals surface area contributed by atoms with E-state index in [2.05, 4.69) is 9.80 Å². The van der Waals surface area contributed by atoms with Crippen LogP contribution in [0.25, 0.3) is 0 Å². The Morgan fingerprint density at radius 1 is 0.944 bits per heavy atom. The third-order valence-electron chi connectivity index (χ3n) is 3.27. The van der Waals surface area contributed by atoms with E-state index < -0.39 is 0 Å². The van der Waals surface area contributed by atoms with E-state index in [1.54, 1.807) is 0 Å². The minimum absolute atomic E-state index is 0.0597. The summed E-state index contributed by atoms with van der Waals surface area (Å²) >= 11 is 0. The zero-order valence-electron chi connectivity index (χ0n) is 11.8. The monoisotopic (exact) mass is 260 g/mol. The van der Waals surface area contributed by atoms with Crippen LogP contribution in [0.3, 0.4) is 0 Å². The number of aliphatic hydroxyl groups is 1. The molecule has 108 valence electrons. The van der Waals surface area contributed by atoms with Crippen LogP contribution in [0.5, 0.6) is 0 Å². The summed E-state index contributed by atoms with van der Waals surface area (Å²) in [5.74, 6) is 0. The van der Waals surface area contributed by atoms with Crippen LogP contribution in [0, 0.1) is 0 Å². The average Bonchev–Trinajstić information content (AvgIpc) is 2.38. The fourth-order valence-corrected chi connectivity index (χ4v) is 2.25. The number of hydrogen-bond donors (Lipinski definition) is 1. The van der Waals surface area contributed by atoms with Crippen LogP contribution < -0.4 is 0 Å². The third-order valence-corrected chi connectivity index (χ3v) is 3.27. The molecule has 0 radical (unpaired) electrons. The summed E-state index contributed by atoms with van der Waals surface area (Å²) in [5, 5.41) is 8.89. The maximum Gasteiger partial charge on any atom is 0.158 e. The lowest BCUT2D eigenvalue weighted by molar-refractivity contribution is -0.142. The SMILES string of the molecule is CCOC(CCN1CCN(CCO)CC1)OCC. The predicted octanol–water partition coefficient (Wildman–Crippen LogP) is 0.386. The molecule has 1 rings (SSSR count). The van der Waals surface area contributed by atoms with E-state index in [4.69, 9.17) is 14.6 Å². The van der Waals surface area contributed by atoms with Crippen molar-refractivity contribution in [3.05, 3.63) is 0 Å².